The molecule has 0 unspecified atom stereocenters. The Labute approximate surface area is 168 Å². The van der Waals surface area contributed by atoms with E-state index in [9.17, 15) is 17.6 Å². The molecular weight excluding hydrogens is 399 g/mol. The summed E-state index contributed by atoms with van der Waals surface area (Å²) in [5, 5.41) is 0. The lowest BCUT2D eigenvalue weighted by atomic mass is 10.3. The molecule has 0 atom stereocenters. The Bertz CT molecular complexity index is 1000. The zero-order valence-corrected chi connectivity index (χ0v) is 16.5. The van der Waals surface area contributed by atoms with Gasteiger partial charge < -0.3 is 14.4 Å². The number of likely N-dealkylation sites (tertiary alicyclic amines) is 1. The number of carbonyl (C=O) groups is 1. The molecule has 154 valence electrons. The summed E-state index contributed by atoms with van der Waals surface area (Å²) < 4.78 is 52.2. The summed E-state index contributed by atoms with van der Waals surface area (Å²) in [7, 11) is -4.10. The summed E-state index contributed by atoms with van der Waals surface area (Å²) in [5.41, 5.74) is 0.217. The van der Waals surface area contributed by atoms with E-state index in [4.69, 9.17) is 9.47 Å². The van der Waals surface area contributed by atoms with E-state index in [2.05, 4.69) is 0 Å². The first-order valence-corrected chi connectivity index (χ1v) is 10.8. The van der Waals surface area contributed by atoms with Gasteiger partial charge in [0.15, 0.2) is 11.5 Å². The minimum atomic E-state index is -4.10. The van der Waals surface area contributed by atoms with Gasteiger partial charge in [0.25, 0.3) is 10.0 Å². The molecule has 0 aromatic heterocycles. The SMILES string of the molecule is O=C(CN(c1ccc(F)cc1)S(=O)(=O)c1ccc2c(c1)OCCO2)N1CCCC1. The van der Waals surface area contributed by atoms with Crippen LogP contribution in [0.4, 0.5) is 10.1 Å². The minimum Gasteiger partial charge on any atom is -0.486 e. The molecule has 9 heteroatoms. The van der Waals surface area contributed by atoms with E-state index >= 15 is 0 Å². The second-order valence-corrected chi connectivity index (χ2v) is 8.74. The third-order valence-electron chi connectivity index (χ3n) is 4.95. The van der Waals surface area contributed by atoms with E-state index in [-0.39, 0.29) is 23.0 Å². The summed E-state index contributed by atoms with van der Waals surface area (Å²) in [4.78, 5) is 14.3. The van der Waals surface area contributed by atoms with Gasteiger partial charge in [0, 0.05) is 19.2 Å². The molecule has 2 aliphatic rings. The molecule has 0 spiro atoms. The van der Waals surface area contributed by atoms with Crippen LogP contribution < -0.4 is 13.8 Å². The van der Waals surface area contributed by atoms with E-state index in [1.165, 1.54) is 42.5 Å². The van der Waals surface area contributed by atoms with Crippen molar-refractivity contribution in [3.05, 3.63) is 48.3 Å². The average Bonchev–Trinajstić information content (AvgIpc) is 3.27. The number of hydrogen-bond acceptors (Lipinski definition) is 5. The van der Waals surface area contributed by atoms with Gasteiger partial charge in [0.2, 0.25) is 5.91 Å². The first kappa shape index (κ1) is 19.5. The summed E-state index contributed by atoms with van der Waals surface area (Å²) in [6.07, 6.45) is 1.80. The third kappa shape index (κ3) is 4.00. The van der Waals surface area contributed by atoms with Gasteiger partial charge in [-0.05, 0) is 49.2 Å². The Balaban J connectivity index is 1.70. The maximum atomic E-state index is 13.4. The van der Waals surface area contributed by atoms with Crippen molar-refractivity contribution in [2.45, 2.75) is 17.7 Å². The van der Waals surface area contributed by atoms with Gasteiger partial charge in [-0.15, -0.1) is 0 Å². The molecule has 0 radical (unpaired) electrons. The van der Waals surface area contributed by atoms with Crippen LogP contribution in [0.1, 0.15) is 12.8 Å². The summed E-state index contributed by atoms with van der Waals surface area (Å²) >= 11 is 0. The average molecular weight is 420 g/mol. The third-order valence-corrected chi connectivity index (χ3v) is 6.72. The molecule has 7 nitrogen and oxygen atoms in total. The molecule has 0 aliphatic carbocycles. The predicted octanol–water partition coefficient (Wildman–Crippen LogP) is 2.41. The van der Waals surface area contributed by atoms with Crippen LogP contribution >= 0.6 is 0 Å². The standard InChI is InChI=1S/C20H21FN2O5S/c21-15-3-5-16(6-4-15)23(14-20(24)22-9-1-2-10-22)29(25,26)17-7-8-18-19(13-17)28-12-11-27-18/h3-8,13H,1-2,9-12,14H2. The van der Waals surface area contributed by atoms with Crippen molar-refractivity contribution in [1.82, 2.24) is 4.90 Å². The Morgan fingerprint density at radius 1 is 1.00 bits per heavy atom. The molecule has 4 rings (SSSR count). The first-order chi connectivity index (χ1) is 13.9. The molecule has 2 heterocycles. The lowest BCUT2D eigenvalue weighted by molar-refractivity contribution is -0.128. The summed E-state index contributed by atoms with van der Waals surface area (Å²) in [6.45, 7) is 1.58. The zero-order valence-electron chi connectivity index (χ0n) is 15.7. The molecule has 2 aromatic rings. The number of rotatable bonds is 5. The molecule has 0 saturated carbocycles. The Morgan fingerprint density at radius 2 is 1.66 bits per heavy atom. The maximum Gasteiger partial charge on any atom is 0.264 e. The normalized spacial score (nSPS) is 16.0. The number of halogens is 1. The van der Waals surface area contributed by atoms with Gasteiger partial charge in [-0.25, -0.2) is 12.8 Å². The zero-order chi connectivity index (χ0) is 20.4. The van der Waals surface area contributed by atoms with Gasteiger partial charge in [-0.3, -0.25) is 9.10 Å². The number of carbonyl (C=O) groups excluding carboxylic acids is 1. The minimum absolute atomic E-state index is 0.0275. The highest BCUT2D eigenvalue weighted by Gasteiger charge is 2.31. The molecule has 1 saturated heterocycles. The van der Waals surface area contributed by atoms with Crippen LogP contribution in [0, 0.1) is 5.82 Å². The fourth-order valence-electron chi connectivity index (χ4n) is 3.42. The second kappa shape index (κ2) is 7.90. The lowest BCUT2D eigenvalue weighted by Gasteiger charge is -2.27. The fraction of sp³-hybridized carbons (Fsp3) is 0.350. The van der Waals surface area contributed by atoms with Crippen molar-refractivity contribution in [2.24, 2.45) is 0 Å². The summed E-state index contributed by atoms with van der Waals surface area (Å²) in [6, 6.07) is 9.38. The second-order valence-electron chi connectivity index (χ2n) is 6.88. The fourth-order valence-corrected chi connectivity index (χ4v) is 4.85. The van der Waals surface area contributed by atoms with E-state index in [1.807, 2.05) is 0 Å². The molecule has 29 heavy (non-hydrogen) atoms. The van der Waals surface area contributed by atoms with Crippen LogP contribution in [-0.4, -0.2) is 52.1 Å². The molecule has 1 fully saturated rings. The van der Waals surface area contributed by atoms with E-state index in [1.54, 1.807) is 4.90 Å². The number of sulfonamides is 1. The topological polar surface area (TPSA) is 76.2 Å². The predicted molar refractivity (Wildman–Crippen MR) is 104 cm³/mol. The highest BCUT2D eigenvalue weighted by molar-refractivity contribution is 7.92. The van der Waals surface area contributed by atoms with Crippen LogP contribution in [0.15, 0.2) is 47.4 Å². The van der Waals surface area contributed by atoms with E-state index < -0.39 is 15.8 Å². The largest absolute Gasteiger partial charge is 0.486 e. The van der Waals surface area contributed by atoms with Gasteiger partial charge in [0.05, 0.1) is 10.6 Å². The molecule has 0 N–H and O–H groups in total. The highest BCUT2D eigenvalue weighted by Crippen LogP contribution is 2.34. The van der Waals surface area contributed by atoms with Gasteiger partial charge in [0.1, 0.15) is 25.6 Å². The van der Waals surface area contributed by atoms with Crippen LogP contribution in [0.2, 0.25) is 0 Å². The lowest BCUT2D eigenvalue weighted by Crippen LogP contribution is -2.42. The molecule has 2 aromatic carbocycles. The van der Waals surface area contributed by atoms with Crippen LogP contribution in [0.3, 0.4) is 0 Å². The smallest absolute Gasteiger partial charge is 0.264 e. The Hall–Kier alpha value is -2.81. The number of benzene rings is 2. The number of anilines is 1. The highest BCUT2D eigenvalue weighted by atomic mass is 32.2. The number of amides is 1. The van der Waals surface area contributed by atoms with Crippen LogP contribution in [0.25, 0.3) is 0 Å². The van der Waals surface area contributed by atoms with Gasteiger partial charge in [-0.1, -0.05) is 0 Å². The van der Waals surface area contributed by atoms with Crippen LogP contribution in [-0.2, 0) is 14.8 Å². The van der Waals surface area contributed by atoms with Crippen molar-refractivity contribution in [1.29, 1.82) is 0 Å². The number of nitrogens with zero attached hydrogens (tertiary/aromatic N) is 2. The van der Waals surface area contributed by atoms with E-state index in [0.29, 0.717) is 37.8 Å². The number of hydrogen-bond donors (Lipinski definition) is 0. The Kier molecular flexibility index (Phi) is 5.31. The summed E-state index contributed by atoms with van der Waals surface area (Å²) in [5.74, 6) is 0.0307. The monoisotopic (exact) mass is 420 g/mol. The van der Waals surface area contributed by atoms with Gasteiger partial charge in [-0.2, -0.15) is 0 Å². The quantitative estimate of drug-likeness (QED) is 0.743. The van der Waals surface area contributed by atoms with Crippen molar-refractivity contribution in [2.75, 3.05) is 37.2 Å². The van der Waals surface area contributed by atoms with Crippen LogP contribution in [0.5, 0.6) is 11.5 Å². The molecule has 0 bridgehead atoms. The maximum absolute atomic E-state index is 13.4. The molecular formula is C20H21FN2O5S. The van der Waals surface area contributed by atoms with Crippen molar-refractivity contribution >= 4 is 21.6 Å². The van der Waals surface area contributed by atoms with Crippen molar-refractivity contribution < 1.29 is 27.1 Å². The first-order valence-electron chi connectivity index (χ1n) is 9.41. The molecule has 2 aliphatic heterocycles. The molecule has 1 amide bonds. The Morgan fingerprint density at radius 3 is 2.34 bits per heavy atom. The van der Waals surface area contributed by atoms with Gasteiger partial charge >= 0.3 is 0 Å². The van der Waals surface area contributed by atoms with Crippen molar-refractivity contribution in [3.8, 4) is 11.5 Å². The van der Waals surface area contributed by atoms with E-state index in [0.717, 1.165) is 17.1 Å². The number of ether oxygens (including phenoxy) is 2. The van der Waals surface area contributed by atoms with Crippen molar-refractivity contribution in [3.63, 3.8) is 0 Å². The number of fused-ring (bicyclic) bond motifs is 1.